The van der Waals surface area contributed by atoms with Gasteiger partial charge in [-0.2, -0.15) is 0 Å². The highest BCUT2D eigenvalue weighted by molar-refractivity contribution is 5.43. The van der Waals surface area contributed by atoms with Gasteiger partial charge in [-0.3, -0.25) is 0 Å². The van der Waals surface area contributed by atoms with E-state index in [2.05, 4.69) is 38.2 Å². The summed E-state index contributed by atoms with van der Waals surface area (Å²) in [5.41, 5.74) is 1.25. The predicted molar refractivity (Wildman–Crippen MR) is 87.1 cm³/mol. The molecule has 0 saturated heterocycles. The summed E-state index contributed by atoms with van der Waals surface area (Å²) in [5.74, 6) is 3.14. The molecule has 0 aliphatic heterocycles. The highest BCUT2D eigenvalue weighted by atomic mass is 16.5. The molecule has 0 spiro atoms. The van der Waals surface area contributed by atoms with Crippen molar-refractivity contribution in [2.45, 2.75) is 52.1 Å². The van der Waals surface area contributed by atoms with Gasteiger partial charge in [-0.25, -0.2) is 0 Å². The number of ether oxygens (including phenoxy) is 2. The molecule has 1 aromatic carbocycles. The fourth-order valence-electron chi connectivity index (χ4n) is 3.36. The minimum absolute atomic E-state index is 0.322. The molecular formula is C18H29NO2. The quantitative estimate of drug-likeness (QED) is 0.883. The van der Waals surface area contributed by atoms with Crippen LogP contribution in [-0.4, -0.2) is 20.3 Å². The Morgan fingerprint density at radius 2 is 1.81 bits per heavy atom. The summed E-state index contributed by atoms with van der Waals surface area (Å²) >= 11 is 0. The van der Waals surface area contributed by atoms with Crippen LogP contribution in [0.25, 0.3) is 0 Å². The third-order valence-corrected chi connectivity index (χ3v) is 5.08. The molecule has 0 radical (unpaired) electrons. The van der Waals surface area contributed by atoms with Crippen molar-refractivity contribution in [2.75, 3.05) is 14.2 Å². The first-order valence-corrected chi connectivity index (χ1v) is 8.04. The van der Waals surface area contributed by atoms with Gasteiger partial charge in [0, 0.05) is 12.1 Å². The Morgan fingerprint density at radius 3 is 2.48 bits per heavy atom. The topological polar surface area (TPSA) is 30.5 Å². The number of rotatable bonds is 5. The molecule has 1 aromatic rings. The Morgan fingerprint density at radius 1 is 1.10 bits per heavy atom. The Hall–Kier alpha value is -1.22. The second-order valence-corrected chi connectivity index (χ2v) is 6.38. The van der Waals surface area contributed by atoms with Gasteiger partial charge in [0.2, 0.25) is 0 Å². The average Bonchev–Trinajstić information content (AvgIpc) is 2.51. The maximum absolute atomic E-state index is 5.40. The number of hydrogen-bond acceptors (Lipinski definition) is 3. The van der Waals surface area contributed by atoms with Crippen LogP contribution in [0.1, 0.15) is 51.6 Å². The van der Waals surface area contributed by atoms with Crippen LogP contribution in [0, 0.1) is 11.8 Å². The van der Waals surface area contributed by atoms with E-state index in [0.717, 1.165) is 23.3 Å². The summed E-state index contributed by atoms with van der Waals surface area (Å²) in [6, 6.07) is 7.11. The van der Waals surface area contributed by atoms with Crippen LogP contribution >= 0.6 is 0 Å². The minimum atomic E-state index is 0.322. The Kier molecular flexibility index (Phi) is 5.51. The van der Waals surface area contributed by atoms with Crippen molar-refractivity contribution in [1.82, 2.24) is 5.32 Å². The SMILES string of the molecule is COc1ccc(C(C)NC2CCCC(C)C2C)cc1OC. The van der Waals surface area contributed by atoms with Crippen LogP contribution in [0.4, 0.5) is 0 Å². The van der Waals surface area contributed by atoms with Crippen molar-refractivity contribution in [1.29, 1.82) is 0 Å². The number of methoxy groups -OCH3 is 2. The molecule has 0 amide bonds. The van der Waals surface area contributed by atoms with Crippen LogP contribution in [-0.2, 0) is 0 Å². The van der Waals surface area contributed by atoms with Crippen molar-refractivity contribution in [2.24, 2.45) is 11.8 Å². The highest BCUT2D eigenvalue weighted by Crippen LogP contribution is 2.33. The first kappa shape index (κ1) is 16.2. The zero-order chi connectivity index (χ0) is 15.4. The van der Waals surface area contributed by atoms with Crippen LogP contribution in [0.2, 0.25) is 0 Å². The predicted octanol–water partition coefficient (Wildman–Crippen LogP) is 4.18. The normalized spacial score (nSPS) is 27.2. The fraction of sp³-hybridized carbons (Fsp3) is 0.667. The van der Waals surface area contributed by atoms with Crippen LogP contribution in [0.5, 0.6) is 11.5 Å². The molecule has 21 heavy (non-hydrogen) atoms. The van der Waals surface area contributed by atoms with Gasteiger partial charge in [0.15, 0.2) is 11.5 Å². The van der Waals surface area contributed by atoms with Crippen molar-refractivity contribution in [3.05, 3.63) is 23.8 Å². The summed E-state index contributed by atoms with van der Waals surface area (Å²) in [7, 11) is 3.36. The van der Waals surface area contributed by atoms with Gasteiger partial charge in [-0.15, -0.1) is 0 Å². The summed E-state index contributed by atoms with van der Waals surface area (Å²) in [5, 5.41) is 3.81. The van der Waals surface area contributed by atoms with E-state index in [1.54, 1.807) is 14.2 Å². The number of hydrogen-bond donors (Lipinski definition) is 1. The van der Waals surface area contributed by atoms with Crippen LogP contribution < -0.4 is 14.8 Å². The van der Waals surface area contributed by atoms with E-state index in [9.17, 15) is 0 Å². The average molecular weight is 291 g/mol. The van der Waals surface area contributed by atoms with E-state index in [1.165, 1.54) is 24.8 Å². The lowest BCUT2D eigenvalue weighted by Gasteiger charge is -2.36. The Bertz CT molecular complexity index is 461. The monoisotopic (exact) mass is 291 g/mol. The lowest BCUT2D eigenvalue weighted by Crippen LogP contribution is -2.41. The van der Waals surface area contributed by atoms with Crippen LogP contribution in [0.15, 0.2) is 18.2 Å². The lowest BCUT2D eigenvalue weighted by molar-refractivity contribution is 0.196. The molecule has 3 heteroatoms. The van der Waals surface area contributed by atoms with E-state index in [1.807, 2.05) is 6.07 Å². The van der Waals surface area contributed by atoms with Gasteiger partial charge in [0.25, 0.3) is 0 Å². The second-order valence-electron chi connectivity index (χ2n) is 6.38. The Labute approximate surface area is 129 Å². The third-order valence-electron chi connectivity index (χ3n) is 5.08. The summed E-state index contributed by atoms with van der Waals surface area (Å²) in [4.78, 5) is 0. The molecule has 1 saturated carbocycles. The van der Waals surface area contributed by atoms with Gasteiger partial charge < -0.3 is 14.8 Å². The molecule has 1 aliphatic rings. The zero-order valence-electron chi connectivity index (χ0n) is 14.0. The van der Waals surface area contributed by atoms with Crippen molar-refractivity contribution >= 4 is 0 Å². The standard InChI is InChI=1S/C18H29NO2/c1-12-7-6-8-16(13(12)2)19-14(3)15-9-10-17(20-4)18(11-15)21-5/h9-14,16,19H,6-8H2,1-5H3. The van der Waals surface area contributed by atoms with Crippen molar-refractivity contribution < 1.29 is 9.47 Å². The lowest BCUT2D eigenvalue weighted by atomic mass is 9.77. The number of nitrogens with one attached hydrogen (secondary N) is 1. The van der Waals surface area contributed by atoms with Crippen LogP contribution in [0.3, 0.4) is 0 Å². The largest absolute Gasteiger partial charge is 0.493 e. The number of benzene rings is 1. The molecule has 0 heterocycles. The van der Waals surface area contributed by atoms with E-state index in [-0.39, 0.29) is 0 Å². The summed E-state index contributed by atoms with van der Waals surface area (Å²) in [6.45, 7) is 6.98. The molecule has 4 atom stereocenters. The zero-order valence-corrected chi connectivity index (χ0v) is 14.0. The molecule has 1 fully saturated rings. The van der Waals surface area contributed by atoms with Gasteiger partial charge in [0.1, 0.15) is 0 Å². The molecule has 4 unspecified atom stereocenters. The first-order chi connectivity index (χ1) is 10.1. The Balaban J connectivity index is 2.07. The molecule has 1 N–H and O–H groups in total. The van der Waals surface area contributed by atoms with Gasteiger partial charge in [0.05, 0.1) is 14.2 Å². The molecule has 0 bridgehead atoms. The fourth-order valence-corrected chi connectivity index (χ4v) is 3.36. The molecule has 1 aliphatic carbocycles. The first-order valence-electron chi connectivity index (χ1n) is 8.04. The van der Waals surface area contributed by atoms with Gasteiger partial charge in [-0.05, 0) is 42.9 Å². The van der Waals surface area contributed by atoms with Gasteiger partial charge in [-0.1, -0.05) is 32.8 Å². The van der Waals surface area contributed by atoms with E-state index < -0.39 is 0 Å². The van der Waals surface area contributed by atoms with Crippen molar-refractivity contribution in [3.8, 4) is 11.5 Å². The maximum atomic E-state index is 5.40. The molecular weight excluding hydrogens is 262 g/mol. The van der Waals surface area contributed by atoms with E-state index in [4.69, 9.17) is 9.47 Å². The second kappa shape index (κ2) is 7.17. The minimum Gasteiger partial charge on any atom is -0.493 e. The molecule has 2 rings (SSSR count). The highest BCUT2D eigenvalue weighted by Gasteiger charge is 2.28. The molecule has 118 valence electrons. The maximum Gasteiger partial charge on any atom is 0.161 e. The third kappa shape index (κ3) is 3.70. The molecule has 0 aromatic heterocycles. The summed E-state index contributed by atoms with van der Waals surface area (Å²) < 4.78 is 10.7. The van der Waals surface area contributed by atoms with E-state index in [0.29, 0.717) is 12.1 Å². The van der Waals surface area contributed by atoms with E-state index >= 15 is 0 Å². The summed E-state index contributed by atoms with van der Waals surface area (Å²) in [6.07, 6.45) is 3.98. The van der Waals surface area contributed by atoms with Crippen molar-refractivity contribution in [3.63, 3.8) is 0 Å². The smallest absolute Gasteiger partial charge is 0.161 e. The molecule has 3 nitrogen and oxygen atoms in total. The van der Waals surface area contributed by atoms with Gasteiger partial charge >= 0.3 is 0 Å².